The van der Waals surface area contributed by atoms with Gasteiger partial charge in [0, 0.05) is 19.3 Å². The average Bonchev–Trinajstić information content (AvgIpc) is 3.31. The fraction of sp³-hybridized carbons (Fsp3) is 0.817. The third kappa shape index (κ3) is 52.3. The van der Waals surface area contributed by atoms with Crippen LogP contribution in [0.4, 0.5) is 0 Å². The minimum atomic E-state index is -0.781. The lowest BCUT2D eigenvalue weighted by molar-refractivity contribution is -0.167. The second-order valence-corrected chi connectivity index (χ2v) is 19.2. The van der Waals surface area contributed by atoms with Crippen LogP contribution in [0, 0.1) is 0 Å². The Morgan fingerprint density at radius 1 is 0.318 bits per heavy atom. The standard InChI is InChI=1S/C60H108O6/c1-4-7-10-13-16-19-22-25-28-30-31-33-35-38-41-44-47-50-53-59(62)65-56-57(55-64-58(61)52-49-46-43-40-37-34-27-24-21-18-15-12-9-6-3)66-60(63)54-51-48-45-42-39-36-32-29-26-23-20-17-14-11-8-5-2/h8,11,17,20,26,29,31,33,57H,4-7,9-10,12-16,18-19,21-25,27-28,30,32,34-56H2,1-3H3/b11-8-,20-17-,29-26-,33-31-. The summed E-state index contributed by atoms with van der Waals surface area (Å²) in [6, 6.07) is 0. The van der Waals surface area contributed by atoms with Crippen molar-refractivity contribution in [1.82, 2.24) is 0 Å². The molecule has 6 nitrogen and oxygen atoms in total. The van der Waals surface area contributed by atoms with E-state index in [1.54, 1.807) is 0 Å². The number of carbonyl (C=O) groups is 3. The molecule has 0 heterocycles. The third-order valence-electron chi connectivity index (χ3n) is 12.6. The summed E-state index contributed by atoms with van der Waals surface area (Å²) in [6.45, 7) is 6.54. The highest BCUT2D eigenvalue weighted by Gasteiger charge is 2.19. The number of unbranched alkanes of at least 4 members (excludes halogenated alkanes) is 33. The first-order valence-corrected chi connectivity index (χ1v) is 28.6. The maximum Gasteiger partial charge on any atom is 0.306 e. The third-order valence-corrected chi connectivity index (χ3v) is 12.6. The van der Waals surface area contributed by atoms with Crippen LogP contribution in [0.5, 0.6) is 0 Å². The van der Waals surface area contributed by atoms with Crippen LogP contribution in [0.15, 0.2) is 48.6 Å². The van der Waals surface area contributed by atoms with Crippen molar-refractivity contribution in [1.29, 1.82) is 0 Å². The molecular weight excluding hydrogens is 817 g/mol. The lowest BCUT2D eigenvalue weighted by Crippen LogP contribution is -2.30. The molecule has 1 unspecified atom stereocenters. The number of carbonyl (C=O) groups excluding carboxylic acids is 3. The quantitative estimate of drug-likeness (QED) is 0.0262. The van der Waals surface area contributed by atoms with E-state index in [2.05, 4.69) is 69.4 Å². The Balaban J connectivity index is 4.37. The van der Waals surface area contributed by atoms with E-state index in [0.29, 0.717) is 19.3 Å². The SMILES string of the molecule is CC/C=C\C/C=C\C/C=C\CCCCCCCCC(=O)OC(COC(=O)CCCCCCC/C=C\CCCCCCCCCCC)COC(=O)CCCCCCCCCCCCCCCC. The normalized spacial score (nSPS) is 12.3. The number of esters is 3. The molecule has 0 saturated carbocycles. The summed E-state index contributed by atoms with van der Waals surface area (Å²) in [7, 11) is 0. The zero-order valence-electron chi connectivity index (χ0n) is 44.0. The molecule has 0 spiro atoms. The zero-order chi connectivity index (χ0) is 47.9. The molecule has 0 aromatic rings. The molecule has 0 rings (SSSR count). The molecule has 6 heteroatoms. The summed E-state index contributed by atoms with van der Waals surface area (Å²) in [6.07, 6.45) is 66.7. The molecule has 0 aromatic heterocycles. The van der Waals surface area contributed by atoms with Crippen molar-refractivity contribution in [2.45, 2.75) is 303 Å². The van der Waals surface area contributed by atoms with Gasteiger partial charge in [-0.05, 0) is 77.0 Å². The fourth-order valence-corrected chi connectivity index (χ4v) is 8.28. The zero-order valence-corrected chi connectivity index (χ0v) is 44.0. The van der Waals surface area contributed by atoms with Gasteiger partial charge in [0.05, 0.1) is 0 Å². The number of ether oxygens (including phenoxy) is 3. The van der Waals surface area contributed by atoms with Crippen molar-refractivity contribution in [2.75, 3.05) is 13.2 Å². The monoisotopic (exact) mass is 925 g/mol. The van der Waals surface area contributed by atoms with Crippen molar-refractivity contribution in [3.63, 3.8) is 0 Å². The highest BCUT2D eigenvalue weighted by atomic mass is 16.6. The van der Waals surface area contributed by atoms with E-state index in [0.717, 1.165) is 96.3 Å². The van der Waals surface area contributed by atoms with Gasteiger partial charge in [-0.15, -0.1) is 0 Å². The summed E-state index contributed by atoms with van der Waals surface area (Å²) < 4.78 is 16.9. The smallest absolute Gasteiger partial charge is 0.306 e. The van der Waals surface area contributed by atoms with Crippen LogP contribution in [-0.2, 0) is 28.6 Å². The predicted octanol–water partition coefficient (Wildman–Crippen LogP) is 19.0. The summed E-state index contributed by atoms with van der Waals surface area (Å²) in [5.74, 6) is -0.886. The summed E-state index contributed by atoms with van der Waals surface area (Å²) >= 11 is 0. The molecule has 0 aliphatic rings. The number of hydrogen-bond acceptors (Lipinski definition) is 6. The molecule has 1 atom stereocenters. The van der Waals surface area contributed by atoms with Crippen molar-refractivity contribution in [3.8, 4) is 0 Å². The highest BCUT2D eigenvalue weighted by molar-refractivity contribution is 5.71. The van der Waals surface area contributed by atoms with Crippen molar-refractivity contribution in [2.24, 2.45) is 0 Å². The second kappa shape index (κ2) is 55.0. The molecule has 0 bridgehead atoms. The van der Waals surface area contributed by atoms with E-state index in [4.69, 9.17) is 14.2 Å². The Bertz CT molecular complexity index is 1150. The maximum absolute atomic E-state index is 12.8. The highest BCUT2D eigenvalue weighted by Crippen LogP contribution is 2.16. The minimum absolute atomic E-state index is 0.0782. The molecule has 0 aliphatic heterocycles. The number of rotatable bonds is 52. The molecule has 0 radical (unpaired) electrons. The average molecular weight is 926 g/mol. The second-order valence-electron chi connectivity index (χ2n) is 19.2. The molecule has 0 N–H and O–H groups in total. The fourth-order valence-electron chi connectivity index (χ4n) is 8.28. The molecule has 0 amide bonds. The van der Waals surface area contributed by atoms with E-state index in [1.807, 2.05) is 0 Å². The van der Waals surface area contributed by atoms with E-state index in [-0.39, 0.29) is 31.1 Å². The van der Waals surface area contributed by atoms with Gasteiger partial charge in [-0.25, -0.2) is 0 Å². The number of hydrogen-bond donors (Lipinski definition) is 0. The topological polar surface area (TPSA) is 78.9 Å². The van der Waals surface area contributed by atoms with Gasteiger partial charge < -0.3 is 14.2 Å². The Hall–Kier alpha value is -2.63. The Labute approximate surface area is 409 Å². The molecule has 0 saturated heterocycles. The lowest BCUT2D eigenvalue weighted by atomic mass is 10.0. The summed E-state index contributed by atoms with van der Waals surface area (Å²) in [5, 5.41) is 0. The lowest BCUT2D eigenvalue weighted by Gasteiger charge is -2.18. The van der Waals surface area contributed by atoms with Crippen LogP contribution in [0.2, 0.25) is 0 Å². The Kier molecular flexibility index (Phi) is 52.8. The van der Waals surface area contributed by atoms with Crippen LogP contribution in [-0.4, -0.2) is 37.2 Å². The maximum atomic E-state index is 12.8. The van der Waals surface area contributed by atoms with Gasteiger partial charge in [0.25, 0.3) is 0 Å². The first-order valence-electron chi connectivity index (χ1n) is 28.6. The minimum Gasteiger partial charge on any atom is -0.462 e. The molecule has 66 heavy (non-hydrogen) atoms. The Morgan fingerprint density at radius 3 is 0.939 bits per heavy atom. The molecule has 384 valence electrons. The van der Waals surface area contributed by atoms with Crippen molar-refractivity contribution >= 4 is 17.9 Å². The van der Waals surface area contributed by atoms with Crippen molar-refractivity contribution < 1.29 is 28.6 Å². The van der Waals surface area contributed by atoms with Crippen LogP contribution in [0.1, 0.15) is 297 Å². The van der Waals surface area contributed by atoms with Crippen LogP contribution < -0.4 is 0 Å². The van der Waals surface area contributed by atoms with E-state index >= 15 is 0 Å². The van der Waals surface area contributed by atoms with Gasteiger partial charge >= 0.3 is 17.9 Å². The van der Waals surface area contributed by atoms with Gasteiger partial charge in [0.15, 0.2) is 6.10 Å². The van der Waals surface area contributed by atoms with E-state index in [1.165, 1.54) is 161 Å². The predicted molar refractivity (Wildman–Crippen MR) is 284 cm³/mol. The van der Waals surface area contributed by atoms with Gasteiger partial charge in [-0.2, -0.15) is 0 Å². The van der Waals surface area contributed by atoms with Gasteiger partial charge in [0.1, 0.15) is 13.2 Å². The summed E-state index contributed by atoms with van der Waals surface area (Å²) in [5.41, 5.74) is 0. The molecular formula is C60H108O6. The van der Waals surface area contributed by atoms with Crippen LogP contribution in [0.25, 0.3) is 0 Å². The summed E-state index contributed by atoms with van der Waals surface area (Å²) in [4.78, 5) is 38.1. The first-order chi connectivity index (χ1) is 32.5. The largest absolute Gasteiger partial charge is 0.462 e. The van der Waals surface area contributed by atoms with Crippen molar-refractivity contribution in [3.05, 3.63) is 48.6 Å². The van der Waals surface area contributed by atoms with Gasteiger partial charge in [-0.3, -0.25) is 14.4 Å². The van der Waals surface area contributed by atoms with Crippen LogP contribution >= 0.6 is 0 Å². The molecule has 0 fully saturated rings. The first kappa shape index (κ1) is 63.4. The molecule has 0 aliphatic carbocycles. The van der Waals surface area contributed by atoms with Crippen LogP contribution in [0.3, 0.4) is 0 Å². The number of allylic oxidation sites excluding steroid dienone is 8. The van der Waals surface area contributed by atoms with Gasteiger partial charge in [0.2, 0.25) is 0 Å². The Morgan fingerprint density at radius 2 is 0.591 bits per heavy atom. The van der Waals surface area contributed by atoms with E-state index < -0.39 is 6.10 Å². The van der Waals surface area contributed by atoms with Gasteiger partial charge in [-0.1, -0.05) is 249 Å². The van der Waals surface area contributed by atoms with E-state index in [9.17, 15) is 14.4 Å². The molecule has 0 aromatic carbocycles.